The zero-order valence-corrected chi connectivity index (χ0v) is 13.4. The molecule has 0 aliphatic rings. The Morgan fingerprint density at radius 2 is 2.04 bits per heavy atom. The van der Waals surface area contributed by atoms with Crippen molar-refractivity contribution in [2.45, 2.75) is 20.8 Å². The van der Waals surface area contributed by atoms with E-state index in [1.807, 2.05) is 13.8 Å². The van der Waals surface area contributed by atoms with E-state index in [0.717, 1.165) is 0 Å². The Morgan fingerprint density at radius 1 is 1.30 bits per heavy atom. The molecule has 23 heavy (non-hydrogen) atoms. The lowest BCUT2D eigenvalue weighted by Gasteiger charge is -2.23. The highest BCUT2D eigenvalue weighted by atomic mass is 16.4. The van der Waals surface area contributed by atoms with E-state index >= 15 is 0 Å². The molecule has 0 saturated heterocycles. The summed E-state index contributed by atoms with van der Waals surface area (Å²) in [7, 11) is 0. The summed E-state index contributed by atoms with van der Waals surface area (Å²) in [5, 5.41) is 9.01. The van der Waals surface area contributed by atoms with E-state index in [1.54, 1.807) is 37.5 Å². The normalized spacial score (nSPS) is 10.8. The highest BCUT2D eigenvalue weighted by Gasteiger charge is 2.22. The molecule has 2 aromatic heterocycles. The van der Waals surface area contributed by atoms with Crippen LogP contribution in [0.2, 0.25) is 0 Å². The number of aliphatic carboxylic acids is 1. The fourth-order valence-corrected chi connectivity index (χ4v) is 2.34. The summed E-state index contributed by atoms with van der Waals surface area (Å²) in [6, 6.07) is 6.92. The maximum atomic E-state index is 12.6. The van der Waals surface area contributed by atoms with E-state index in [-0.39, 0.29) is 18.4 Å². The molecular weight excluding hydrogens is 296 g/mol. The van der Waals surface area contributed by atoms with Crippen molar-refractivity contribution in [2.75, 3.05) is 13.1 Å². The second kappa shape index (κ2) is 7.09. The molecule has 0 aromatic carbocycles. The molecule has 2 heterocycles. The third kappa shape index (κ3) is 4.18. The van der Waals surface area contributed by atoms with Crippen molar-refractivity contribution in [3.8, 4) is 11.5 Å². The molecule has 0 unspecified atom stereocenters. The highest BCUT2D eigenvalue weighted by Crippen LogP contribution is 2.20. The van der Waals surface area contributed by atoms with Crippen molar-refractivity contribution in [3.63, 3.8) is 0 Å². The SMILES string of the molecule is Cc1nc(-c2ccco2)ccc1C(=O)N(CC(=O)O)CC(C)C. The summed E-state index contributed by atoms with van der Waals surface area (Å²) in [6.07, 6.45) is 1.56. The molecule has 0 saturated carbocycles. The Kier molecular flexibility index (Phi) is 5.16. The molecule has 0 spiro atoms. The first-order valence-corrected chi connectivity index (χ1v) is 7.41. The van der Waals surface area contributed by atoms with Crippen molar-refractivity contribution in [1.82, 2.24) is 9.88 Å². The smallest absolute Gasteiger partial charge is 0.323 e. The Morgan fingerprint density at radius 3 is 2.57 bits per heavy atom. The van der Waals surface area contributed by atoms with Crippen LogP contribution in [-0.4, -0.2) is 40.0 Å². The number of nitrogens with zero attached hydrogens (tertiary/aromatic N) is 2. The van der Waals surface area contributed by atoms with Crippen LogP contribution in [0.15, 0.2) is 34.9 Å². The number of amides is 1. The topological polar surface area (TPSA) is 83.6 Å². The zero-order chi connectivity index (χ0) is 17.0. The van der Waals surface area contributed by atoms with Crippen molar-refractivity contribution < 1.29 is 19.1 Å². The number of aryl methyl sites for hydroxylation is 1. The summed E-state index contributed by atoms with van der Waals surface area (Å²) >= 11 is 0. The van der Waals surface area contributed by atoms with Gasteiger partial charge in [-0.1, -0.05) is 13.8 Å². The molecule has 0 atom stereocenters. The van der Waals surface area contributed by atoms with Crippen LogP contribution < -0.4 is 0 Å². The lowest BCUT2D eigenvalue weighted by molar-refractivity contribution is -0.137. The van der Waals surface area contributed by atoms with Gasteiger partial charge in [-0.15, -0.1) is 0 Å². The maximum Gasteiger partial charge on any atom is 0.323 e. The lowest BCUT2D eigenvalue weighted by atomic mass is 10.1. The summed E-state index contributed by atoms with van der Waals surface area (Å²) in [5.74, 6) is -0.556. The van der Waals surface area contributed by atoms with E-state index in [2.05, 4.69) is 4.98 Å². The second-order valence-electron chi connectivity index (χ2n) is 5.78. The van der Waals surface area contributed by atoms with Gasteiger partial charge in [0.25, 0.3) is 5.91 Å². The molecular formula is C17H20N2O4. The van der Waals surface area contributed by atoms with Gasteiger partial charge < -0.3 is 14.4 Å². The van der Waals surface area contributed by atoms with Crippen LogP contribution in [-0.2, 0) is 4.79 Å². The summed E-state index contributed by atoms with van der Waals surface area (Å²) in [4.78, 5) is 29.4. The first-order valence-electron chi connectivity index (χ1n) is 7.41. The molecule has 0 aliphatic heterocycles. The van der Waals surface area contributed by atoms with Gasteiger partial charge in [0.1, 0.15) is 12.2 Å². The van der Waals surface area contributed by atoms with E-state index in [0.29, 0.717) is 29.3 Å². The predicted octanol–water partition coefficient (Wildman–Crippen LogP) is 2.83. The van der Waals surface area contributed by atoms with E-state index in [9.17, 15) is 9.59 Å². The summed E-state index contributed by atoms with van der Waals surface area (Å²) < 4.78 is 5.29. The Bertz CT molecular complexity index is 693. The summed E-state index contributed by atoms with van der Waals surface area (Å²) in [5.41, 5.74) is 1.59. The molecule has 2 aromatic rings. The molecule has 0 fully saturated rings. The van der Waals surface area contributed by atoms with Crippen molar-refractivity contribution >= 4 is 11.9 Å². The number of carbonyl (C=O) groups is 2. The van der Waals surface area contributed by atoms with Gasteiger partial charge in [-0.05, 0) is 37.1 Å². The first-order chi connectivity index (χ1) is 10.9. The Hall–Kier alpha value is -2.63. The van der Waals surface area contributed by atoms with Crippen molar-refractivity contribution in [3.05, 3.63) is 41.8 Å². The molecule has 0 radical (unpaired) electrons. The lowest BCUT2D eigenvalue weighted by Crippen LogP contribution is -2.38. The van der Waals surface area contributed by atoms with Gasteiger partial charge in [0.05, 0.1) is 17.5 Å². The molecule has 0 bridgehead atoms. The van der Waals surface area contributed by atoms with Gasteiger partial charge >= 0.3 is 5.97 Å². The van der Waals surface area contributed by atoms with Crippen LogP contribution in [0.25, 0.3) is 11.5 Å². The standard InChI is InChI=1S/C17H20N2O4/c1-11(2)9-19(10-16(20)21)17(22)13-6-7-14(18-12(13)3)15-5-4-8-23-15/h4-8,11H,9-10H2,1-3H3,(H,20,21). The zero-order valence-electron chi connectivity index (χ0n) is 13.4. The molecule has 2 rings (SSSR count). The second-order valence-corrected chi connectivity index (χ2v) is 5.78. The molecule has 122 valence electrons. The van der Waals surface area contributed by atoms with Crippen LogP contribution in [0.1, 0.15) is 29.9 Å². The van der Waals surface area contributed by atoms with Gasteiger partial charge in [0, 0.05) is 6.54 Å². The minimum absolute atomic E-state index is 0.175. The van der Waals surface area contributed by atoms with Crippen LogP contribution in [0.3, 0.4) is 0 Å². The van der Waals surface area contributed by atoms with Crippen LogP contribution in [0, 0.1) is 12.8 Å². The number of pyridine rings is 1. The largest absolute Gasteiger partial charge is 0.480 e. The number of furan rings is 1. The number of carboxylic acid groups (broad SMARTS) is 1. The number of aromatic nitrogens is 1. The average Bonchev–Trinajstić information content (AvgIpc) is 2.99. The Labute approximate surface area is 134 Å². The first kappa shape index (κ1) is 16.7. The van der Waals surface area contributed by atoms with Gasteiger partial charge in [-0.2, -0.15) is 0 Å². The minimum atomic E-state index is -1.03. The molecule has 6 heteroatoms. The van der Waals surface area contributed by atoms with Gasteiger partial charge in [-0.25, -0.2) is 4.98 Å². The average molecular weight is 316 g/mol. The fourth-order valence-electron chi connectivity index (χ4n) is 2.34. The third-order valence-electron chi connectivity index (χ3n) is 3.29. The highest BCUT2D eigenvalue weighted by molar-refractivity contribution is 5.97. The van der Waals surface area contributed by atoms with Crippen LogP contribution in [0.4, 0.5) is 0 Å². The summed E-state index contributed by atoms with van der Waals surface area (Å²) in [6.45, 7) is 5.66. The molecule has 1 N–H and O–H groups in total. The third-order valence-corrected chi connectivity index (χ3v) is 3.29. The van der Waals surface area contributed by atoms with E-state index < -0.39 is 5.97 Å². The number of carbonyl (C=O) groups excluding carboxylic acids is 1. The number of hydrogen-bond donors (Lipinski definition) is 1. The van der Waals surface area contributed by atoms with Crippen LogP contribution >= 0.6 is 0 Å². The van der Waals surface area contributed by atoms with E-state index in [1.165, 1.54) is 4.90 Å². The van der Waals surface area contributed by atoms with Crippen LogP contribution in [0.5, 0.6) is 0 Å². The van der Waals surface area contributed by atoms with Gasteiger partial charge in [0.15, 0.2) is 5.76 Å². The Balaban J connectivity index is 2.28. The number of rotatable bonds is 6. The molecule has 0 aliphatic carbocycles. The number of carboxylic acids is 1. The van der Waals surface area contributed by atoms with Crippen molar-refractivity contribution in [2.24, 2.45) is 5.92 Å². The fraction of sp³-hybridized carbons (Fsp3) is 0.353. The quantitative estimate of drug-likeness (QED) is 0.886. The predicted molar refractivity (Wildman–Crippen MR) is 85.1 cm³/mol. The molecule has 6 nitrogen and oxygen atoms in total. The van der Waals surface area contributed by atoms with E-state index in [4.69, 9.17) is 9.52 Å². The van der Waals surface area contributed by atoms with Gasteiger partial charge in [0.2, 0.25) is 0 Å². The van der Waals surface area contributed by atoms with Crippen molar-refractivity contribution in [1.29, 1.82) is 0 Å². The van der Waals surface area contributed by atoms with Gasteiger partial charge in [-0.3, -0.25) is 9.59 Å². The molecule has 1 amide bonds. The monoisotopic (exact) mass is 316 g/mol. The minimum Gasteiger partial charge on any atom is -0.480 e. The maximum absolute atomic E-state index is 12.6. The number of hydrogen-bond acceptors (Lipinski definition) is 4.